The van der Waals surface area contributed by atoms with Crippen molar-refractivity contribution in [2.75, 3.05) is 20.2 Å². The minimum Gasteiger partial charge on any atom is -0.500 e. The van der Waals surface area contributed by atoms with Crippen molar-refractivity contribution in [3.63, 3.8) is 0 Å². The lowest BCUT2D eigenvalue weighted by molar-refractivity contribution is 0.219. The Morgan fingerprint density at radius 3 is 2.46 bits per heavy atom. The van der Waals surface area contributed by atoms with Crippen molar-refractivity contribution < 1.29 is 4.74 Å². The summed E-state index contributed by atoms with van der Waals surface area (Å²) in [4.78, 5) is 2.13. The maximum atomic E-state index is 5.27. The van der Waals surface area contributed by atoms with E-state index in [1.807, 2.05) is 6.08 Å². The molecule has 0 rings (SSSR count). The highest BCUT2D eigenvalue weighted by atomic mass is 16.5. The van der Waals surface area contributed by atoms with Gasteiger partial charge in [-0.15, -0.1) is 0 Å². The Labute approximate surface area is 81.9 Å². The van der Waals surface area contributed by atoms with Crippen LogP contribution in [0, 0.1) is 0 Å². The second-order valence-corrected chi connectivity index (χ2v) is 2.92. The zero-order chi connectivity index (χ0) is 9.94. The number of likely N-dealkylation sites (N-methyl/N-ethyl adjacent to an activating group) is 1. The molecule has 0 bridgehead atoms. The lowest BCUT2D eigenvalue weighted by Crippen LogP contribution is -2.16. The van der Waals surface area contributed by atoms with Gasteiger partial charge in [-0.25, -0.2) is 0 Å². The van der Waals surface area contributed by atoms with Gasteiger partial charge in [0.2, 0.25) is 0 Å². The fourth-order valence-electron chi connectivity index (χ4n) is 0.789. The summed E-state index contributed by atoms with van der Waals surface area (Å²) in [5.74, 6) is 0. The summed E-state index contributed by atoms with van der Waals surface area (Å²) in [6, 6.07) is 0. The Bertz CT molecular complexity index is 152. The molecule has 0 amide bonds. The van der Waals surface area contributed by atoms with Gasteiger partial charge < -0.3 is 9.64 Å². The zero-order valence-electron chi connectivity index (χ0n) is 8.99. The van der Waals surface area contributed by atoms with E-state index in [0.717, 1.165) is 26.0 Å². The van der Waals surface area contributed by atoms with Crippen LogP contribution in [0.1, 0.15) is 26.7 Å². The average molecular weight is 183 g/mol. The minimum absolute atomic E-state index is 0.751. The Morgan fingerprint density at radius 1 is 1.15 bits per heavy atom. The largest absolute Gasteiger partial charge is 0.500 e. The third-order valence-electron chi connectivity index (χ3n) is 1.59. The summed E-state index contributed by atoms with van der Waals surface area (Å²) in [6.07, 6.45) is 10.1. The highest BCUT2D eigenvalue weighted by molar-refractivity contribution is 4.79. The van der Waals surface area contributed by atoms with Gasteiger partial charge in [0.25, 0.3) is 0 Å². The molecule has 0 unspecified atom stereocenters. The molecule has 2 nitrogen and oxygen atoms in total. The summed E-state index contributed by atoms with van der Waals surface area (Å²) >= 11 is 0. The maximum absolute atomic E-state index is 5.27. The molecule has 0 aliphatic rings. The molecule has 2 heteroatoms. The van der Waals surface area contributed by atoms with Crippen molar-refractivity contribution in [2.24, 2.45) is 0 Å². The number of allylic oxidation sites excluding steroid dienone is 2. The number of nitrogens with zero attached hydrogens (tertiary/aromatic N) is 1. The van der Waals surface area contributed by atoms with Crippen LogP contribution in [-0.2, 0) is 4.74 Å². The number of hydrogen-bond donors (Lipinski definition) is 0. The minimum atomic E-state index is 0.751. The molecular weight excluding hydrogens is 162 g/mol. The smallest absolute Gasteiger partial charge is 0.105 e. The first-order valence-corrected chi connectivity index (χ1v) is 4.94. The first kappa shape index (κ1) is 12.1. The average Bonchev–Trinajstić information content (AvgIpc) is 2.14. The van der Waals surface area contributed by atoms with Gasteiger partial charge in [-0.3, -0.25) is 0 Å². The lowest BCUT2D eigenvalue weighted by atomic mass is 10.4. The van der Waals surface area contributed by atoms with Gasteiger partial charge in [-0.2, -0.15) is 0 Å². The molecule has 76 valence electrons. The van der Waals surface area contributed by atoms with Crippen LogP contribution >= 0.6 is 0 Å². The second kappa shape index (κ2) is 9.17. The van der Waals surface area contributed by atoms with Crippen molar-refractivity contribution in [1.29, 1.82) is 0 Å². The Morgan fingerprint density at radius 2 is 1.85 bits per heavy atom. The summed E-state index contributed by atoms with van der Waals surface area (Å²) in [5.41, 5.74) is 0. The molecule has 0 aliphatic heterocycles. The molecular formula is C11H21NO. The van der Waals surface area contributed by atoms with Crippen molar-refractivity contribution in [1.82, 2.24) is 4.90 Å². The molecule has 0 aromatic carbocycles. The first-order chi connectivity index (χ1) is 6.31. The normalized spacial score (nSPS) is 11.3. The molecule has 0 fully saturated rings. The predicted molar refractivity (Wildman–Crippen MR) is 57.4 cm³/mol. The fourth-order valence-corrected chi connectivity index (χ4v) is 0.789. The van der Waals surface area contributed by atoms with Crippen LogP contribution in [0.3, 0.4) is 0 Å². The quantitative estimate of drug-likeness (QED) is 0.444. The van der Waals surface area contributed by atoms with E-state index < -0.39 is 0 Å². The van der Waals surface area contributed by atoms with E-state index in [2.05, 4.69) is 38.1 Å². The van der Waals surface area contributed by atoms with Crippen molar-refractivity contribution in [3.05, 3.63) is 24.6 Å². The SMILES string of the molecule is CCC=COCCN(C)C=CCC. The van der Waals surface area contributed by atoms with E-state index in [0.29, 0.717) is 0 Å². The molecule has 0 radical (unpaired) electrons. The molecule has 0 heterocycles. The lowest BCUT2D eigenvalue weighted by Gasteiger charge is -2.12. The van der Waals surface area contributed by atoms with Crippen LogP contribution in [-0.4, -0.2) is 25.1 Å². The van der Waals surface area contributed by atoms with Crippen LogP contribution in [0.15, 0.2) is 24.6 Å². The van der Waals surface area contributed by atoms with Crippen molar-refractivity contribution in [3.8, 4) is 0 Å². The van der Waals surface area contributed by atoms with Crippen LogP contribution in [0.5, 0.6) is 0 Å². The molecule has 13 heavy (non-hydrogen) atoms. The summed E-state index contributed by atoms with van der Waals surface area (Å²) in [7, 11) is 2.05. The maximum Gasteiger partial charge on any atom is 0.105 e. The first-order valence-electron chi connectivity index (χ1n) is 4.94. The predicted octanol–water partition coefficient (Wildman–Crippen LogP) is 2.78. The van der Waals surface area contributed by atoms with E-state index in [1.54, 1.807) is 6.26 Å². The van der Waals surface area contributed by atoms with E-state index >= 15 is 0 Å². The number of ether oxygens (including phenoxy) is 1. The molecule has 0 spiro atoms. The summed E-state index contributed by atoms with van der Waals surface area (Å²) < 4.78 is 5.27. The molecule has 0 N–H and O–H groups in total. The van der Waals surface area contributed by atoms with Crippen LogP contribution in [0.25, 0.3) is 0 Å². The molecule has 0 aromatic heterocycles. The van der Waals surface area contributed by atoms with Crippen molar-refractivity contribution in [2.45, 2.75) is 26.7 Å². The molecule has 0 saturated heterocycles. The second-order valence-electron chi connectivity index (χ2n) is 2.92. The van der Waals surface area contributed by atoms with E-state index in [4.69, 9.17) is 4.74 Å². The van der Waals surface area contributed by atoms with Crippen molar-refractivity contribution >= 4 is 0 Å². The van der Waals surface area contributed by atoms with Gasteiger partial charge in [0, 0.05) is 7.05 Å². The van der Waals surface area contributed by atoms with Gasteiger partial charge in [0.1, 0.15) is 6.61 Å². The standard InChI is InChI=1S/C11H21NO/c1-4-6-8-12(3)9-11-13-10-7-5-2/h6-8,10H,4-5,9,11H2,1-3H3. The zero-order valence-corrected chi connectivity index (χ0v) is 8.99. The topological polar surface area (TPSA) is 12.5 Å². The molecule has 0 atom stereocenters. The monoisotopic (exact) mass is 183 g/mol. The summed E-state index contributed by atoms with van der Waals surface area (Å²) in [6.45, 7) is 5.91. The van der Waals surface area contributed by atoms with Crippen LogP contribution < -0.4 is 0 Å². The van der Waals surface area contributed by atoms with Crippen LogP contribution in [0.4, 0.5) is 0 Å². The van der Waals surface area contributed by atoms with Gasteiger partial charge in [-0.05, 0) is 19.0 Å². The van der Waals surface area contributed by atoms with Gasteiger partial charge in [0.15, 0.2) is 0 Å². The van der Waals surface area contributed by atoms with E-state index in [-0.39, 0.29) is 0 Å². The Hall–Kier alpha value is -0.920. The Kier molecular flexibility index (Phi) is 8.52. The summed E-state index contributed by atoms with van der Waals surface area (Å²) in [5, 5.41) is 0. The van der Waals surface area contributed by atoms with E-state index in [9.17, 15) is 0 Å². The molecule has 0 aromatic rings. The highest BCUT2D eigenvalue weighted by Crippen LogP contribution is 1.88. The Balaban J connectivity index is 3.31. The van der Waals surface area contributed by atoms with Gasteiger partial charge >= 0.3 is 0 Å². The van der Waals surface area contributed by atoms with Crippen LogP contribution in [0.2, 0.25) is 0 Å². The number of hydrogen-bond acceptors (Lipinski definition) is 2. The van der Waals surface area contributed by atoms with Gasteiger partial charge in [0.05, 0.1) is 12.8 Å². The third-order valence-corrected chi connectivity index (χ3v) is 1.59. The molecule has 0 aliphatic carbocycles. The van der Waals surface area contributed by atoms with Gasteiger partial charge in [-0.1, -0.05) is 26.0 Å². The number of rotatable bonds is 7. The van der Waals surface area contributed by atoms with E-state index in [1.165, 1.54) is 0 Å². The molecule has 0 saturated carbocycles. The fraction of sp³-hybridized carbons (Fsp3) is 0.636. The third kappa shape index (κ3) is 8.99. The highest BCUT2D eigenvalue weighted by Gasteiger charge is 1.88.